The minimum absolute atomic E-state index is 0.597. The first kappa shape index (κ1) is 14.6. The number of rotatable bonds is 5. The molecule has 1 aromatic carbocycles. The van der Waals surface area contributed by atoms with Crippen LogP contribution in [-0.2, 0) is 0 Å². The Morgan fingerprint density at radius 1 is 0.947 bits per heavy atom. The molecule has 0 spiro atoms. The second-order valence-corrected chi connectivity index (χ2v) is 3.58. The third-order valence-electron chi connectivity index (χ3n) is 1.83. The number of nitrogens with zero attached hydrogens (tertiary/aromatic N) is 3. The van der Waals surface area contributed by atoms with Crippen LogP contribution < -0.4 is 4.52 Å². The molecule has 0 radical (unpaired) electrons. The van der Waals surface area contributed by atoms with Crippen LogP contribution in [0.5, 0.6) is 5.75 Å². The molecule has 0 aliphatic carbocycles. The van der Waals surface area contributed by atoms with Gasteiger partial charge >= 0.3 is 25.7 Å². The zero-order valence-corrected chi connectivity index (χ0v) is 9.59. The lowest BCUT2D eigenvalue weighted by Gasteiger charge is -2.05. The monoisotopic (exact) mass is 293 g/mol. The van der Waals surface area contributed by atoms with E-state index in [9.17, 15) is 30.3 Å². The highest BCUT2D eigenvalue weighted by Crippen LogP contribution is 2.45. The summed E-state index contributed by atoms with van der Waals surface area (Å²) in [5, 5.41) is 32.0. The zero-order chi connectivity index (χ0) is 14.7. The molecule has 12 nitrogen and oxygen atoms in total. The molecule has 0 aliphatic rings. The Kier molecular flexibility index (Phi) is 4.22. The minimum atomic E-state index is -3.07. The largest absolute Gasteiger partial charge is 0.426 e. The van der Waals surface area contributed by atoms with E-state index in [0.717, 1.165) is 0 Å². The summed E-state index contributed by atoms with van der Waals surface area (Å²) in [7, 11) is -3.07. The minimum Gasteiger partial charge on any atom is -0.419 e. The molecule has 0 saturated carbocycles. The Hall–Kier alpha value is -2.43. The highest BCUT2D eigenvalue weighted by molar-refractivity contribution is 7.39. The first-order valence-electron chi connectivity index (χ1n) is 4.21. The second-order valence-electron chi connectivity index (χ2n) is 2.90. The van der Waals surface area contributed by atoms with Crippen LogP contribution >= 0.6 is 8.60 Å². The first-order valence-corrected chi connectivity index (χ1v) is 5.38. The Balaban J connectivity index is 3.63. The van der Waals surface area contributed by atoms with Gasteiger partial charge in [0.05, 0.1) is 14.8 Å². The molecule has 13 heteroatoms. The molecule has 0 atom stereocenters. The summed E-state index contributed by atoms with van der Waals surface area (Å²) in [6, 6.07) is 1.27. The standard InChI is InChI=1S/C6H4N3O9P/c10-7(11)3-1-2-4(18-19(16)17)6(9(14)15)5(3)8(12)13/h1-2,16-17H. The average Bonchev–Trinajstić information content (AvgIpc) is 2.26. The van der Waals surface area contributed by atoms with Gasteiger partial charge in [-0.1, -0.05) is 0 Å². The number of nitro benzene ring substituents is 3. The number of nitro groups is 3. The molecule has 0 fully saturated rings. The average molecular weight is 293 g/mol. The fraction of sp³-hybridized carbons (Fsp3) is 0. The van der Waals surface area contributed by atoms with E-state index in [1.54, 1.807) is 0 Å². The van der Waals surface area contributed by atoms with E-state index in [-0.39, 0.29) is 0 Å². The van der Waals surface area contributed by atoms with Crippen LogP contribution in [0.3, 0.4) is 0 Å². The molecule has 0 aliphatic heterocycles. The van der Waals surface area contributed by atoms with Gasteiger partial charge in [-0.15, -0.1) is 0 Å². The topological polar surface area (TPSA) is 179 Å². The number of benzene rings is 1. The smallest absolute Gasteiger partial charge is 0.419 e. The van der Waals surface area contributed by atoms with Gasteiger partial charge in [0.1, 0.15) is 0 Å². The van der Waals surface area contributed by atoms with Crippen molar-refractivity contribution in [3.63, 3.8) is 0 Å². The molecule has 2 N–H and O–H groups in total. The van der Waals surface area contributed by atoms with Crippen LogP contribution in [0.15, 0.2) is 12.1 Å². The van der Waals surface area contributed by atoms with Crippen LogP contribution in [0.2, 0.25) is 0 Å². The lowest BCUT2D eigenvalue weighted by atomic mass is 10.2. The van der Waals surface area contributed by atoms with Crippen molar-refractivity contribution in [2.24, 2.45) is 0 Å². The molecule has 0 aromatic heterocycles. The van der Waals surface area contributed by atoms with Gasteiger partial charge in [-0.3, -0.25) is 30.3 Å². The van der Waals surface area contributed by atoms with Crippen molar-refractivity contribution in [1.29, 1.82) is 0 Å². The summed E-state index contributed by atoms with van der Waals surface area (Å²) >= 11 is 0. The van der Waals surface area contributed by atoms with E-state index in [1.807, 2.05) is 0 Å². The Morgan fingerprint density at radius 2 is 1.47 bits per heavy atom. The van der Waals surface area contributed by atoms with E-state index in [1.165, 1.54) is 0 Å². The van der Waals surface area contributed by atoms with Gasteiger partial charge in [-0.25, -0.2) is 0 Å². The van der Waals surface area contributed by atoms with Crippen LogP contribution in [-0.4, -0.2) is 24.6 Å². The molecule has 1 rings (SSSR count). The first-order chi connectivity index (χ1) is 8.75. The molecule has 19 heavy (non-hydrogen) atoms. The Bertz CT molecular complexity index is 559. The second kappa shape index (κ2) is 5.48. The fourth-order valence-corrected chi connectivity index (χ4v) is 1.54. The van der Waals surface area contributed by atoms with Gasteiger partial charge < -0.3 is 14.3 Å². The van der Waals surface area contributed by atoms with Crippen molar-refractivity contribution in [2.45, 2.75) is 0 Å². The molecular weight excluding hydrogens is 289 g/mol. The van der Waals surface area contributed by atoms with Crippen molar-refractivity contribution in [1.82, 2.24) is 0 Å². The molecule has 1 aromatic rings. The Labute approximate surface area is 104 Å². The molecule has 0 amide bonds. The van der Waals surface area contributed by atoms with E-state index in [2.05, 4.69) is 4.52 Å². The molecule has 102 valence electrons. The summed E-state index contributed by atoms with van der Waals surface area (Å²) in [6.45, 7) is 0. The molecule has 0 bridgehead atoms. The fourth-order valence-electron chi connectivity index (χ4n) is 1.22. The summed E-state index contributed by atoms with van der Waals surface area (Å²) in [4.78, 5) is 45.4. The zero-order valence-electron chi connectivity index (χ0n) is 8.70. The lowest BCUT2D eigenvalue weighted by molar-refractivity contribution is -0.441. The third-order valence-corrected chi connectivity index (χ3v) is 2.19. The van der Waals surface area contributed by atoms with E-state index < -0.39 is 46.2 Å². The normalized spacial score (nSPS) is 10.3. The van der Waals surface area contributed by atoms with Gasteiger partial charge in [0, 0.05) is 6.07 Å². The van der Waals surface area contributed by atoms with Gasteiger partial charge in [0.2, 0.25) is 5.75 Å². The van der Waals surface area contributed by atoms with Crippen molar-refractivity contribution in [3.8, 4) is 5.75 Å². The maximum Gasteiger partial charge on any atom is 0.426 e. The van der Waals surface area contributed by atoms with E-state index in [0.29, 0.717) is 12.1 Å². The van der Waals surface area contributed by atoms with Crippen LogP contribution in [0.4, 0.5) is 17.1 Å². The Morgan fingerprint density at radius 3 is 1.84 bits per heavy atom. The molecular formula is C6H4N3O9P. The summed E-state index contributed by atoms with van der Waals surface area (Å²) in [6.07, 6.45) is 0. The van der Waals surface area contributed by atoms with Crippen LogP contribution in [0.1, 0.15) is 0 Å². The van der Waals surface area contributed by atoms with Gasteiger partial charge in [-0.2, -0.15) is 0 Å². The third kappa shape index (κ3) is 3.07. The van der Waals surface area contributed by atoms with Crippen LogP contribution in [0, 0.1) is 30.3 Å². The quantitative estimate of drug-likeness (QED) is 0.454. The van der Waals surface area contributed by atoms with E-state index >= 15 is 0 Å². The number of hydrogen-bond donors (Lipinski definition) is 2. The highest BCUT2D eigenvalue weighted by atomic mass is 31.2. The summed E-state index contributed by atoms with van der Waals surface area (Å²) in [5.41, 5.74) is -3.83. The van der Waals surface area contributed by atoms with Crippen molar-refractivity contribution >= 4 is 25.7 Å². The maximum atomic E-state index is 10.7. The SMILES string of the molecule is O=[N+]([O-])c1ccc(OP(O)O)c([N+](=O)[O-])c1[N+](=O)[O-]. The van der Waals surface area contributed by atoms with Crippen LogP contribution in [0.25, 0.3) is 0 Å². The number of hydrogen-bond acceptors (Lipinski definition) is 9. The molecule has 0 saturated heterocycles. The molecule has 0 unspecified atom stereocenters. The highest BCUT2D eigenvalue weighted by Gasteiger charge is 2.40. The van der Waals surface area contributed by atoms with Crippen molar-refractivity contribution in [2.75, 3.05) is 0 Å². The maximum absolute atomic E-state index is 10.7. The van der Waals surface area contributed by atoms with Gasteiger partial charge in [-0.05, 0) is 6.07 Å². The summed E-state index contributed by atoms with van der Waals surface area (Å²) in [5.74, 6) is -0.849. The van der Waals surface area contributed by atoms with Gasteiger partial charge in [0.25, 0.3) is 0 Å². The molecule has 0 heterocycles. The van der Waals surface area contributed by atoms with Crippen molar-refractivity contribution < 1.29 is 29.1 Å². The predicted octanol–water partition coefficient (Wildman–Crippen LogP) is 1.00. The van der Waals surface area contributed by atoms with Crippen molar-refractivity contribution in [3.05, 3.63) is 42.5 Å². The van der Waals surface area contributed by atoms with E-state index in [4.69, 9.17) is 9.79 Å². The van der Waals surface area contributed by atoms with Gasteiger partial charge in [0.15, 0.2) is 0 Å². The predicted molar refractivity (Wildman–Crippen MR) is 58.4 cm³/mol. The lowest BCUT2D eigenvalue weighted by Crippen LogP contribution is -2.03. The summed E-state index contributed by atoms with van der Waals surface area (Å²) < 4.78 is 4.24.